The Hall–Kier alpha value is -1.67. The van der Waals surface area contributed by atoms with Gasteiger partial charge >= 0.3 is 0 Å². The van der Waals surface area contributed by atoms with E-state index in [0.717, 1.165) is 41.9 Å². The van der Waals surface area contributed by atoms with Gasteiger partial charge in [-0.05, 0) is 81.2 Å². The van der Waals surface area contributed by atoms with Crippen molar-refractivity contribution < 1.29 is 14.7 Å². The Morgan fingerprint density at radius 2 is 1.77 bits per heavy atom. The number of piperidine rings is 2. The van der Waals surface area contributed by atoms with Crippen LogP contribution < -0.4 is 5.32 Å². The monoisotopic (exact) mass is 463 g/mol. The highest BCUT2D eigenvalue weighted by molar-refractivity contribution is 7.20. The molecule has 0 radical (unpaired) electrons. The summed E-state index contributed by atoms with van der Waals surface area (Å²) in [4.78, 5) is 30.4. The van der Waals surface area contributed by atoms with Crippen LogP contribution in [-0.4, -0.2) is 72.6 Å². The number of likely N-dealkylation sites (tertiary alicyclic amines) is 2. The maximum absolute atomic E-state index is 13.0. The van der Waals surface area contributed by atoms with E-state index in [9.17, 15) is 14.7 Å². The van der Waals surface area contributed by atoms with Gasteiger partial charge in [0.2, 0.25) is 5.91 Å². The standard InChI is InChI=1S/C23H30ClN3O3S/c1-26-8-4-15(5-9-26)16-6-10-27(11-7-16)23(30)19(14-28)25-22(29)21-12-17-2-3-18(24)13-20(17)31-21/h2-3,12-13,15-16,19,28H,4-11,14H2,1H3,(H,25,29)/t19-/m0/s1. The number of carbonyl (C=O) groups is 2. The molecule has 2 aliphatic rings. The van der Waals surface area contributed by atoms with Gasteiger partial charge in [0.1, 0.15) is 6.04 Å². The van der Waals surface area contributed by atoms with Gasteiger partial charge in [-0.2, -0.15) is 0 Å². The summed E-state index contributed by atoms with van der Waals surface area (Å²) < 4.78 is 0.917. The lowest BCUT2D eigenvalue weighted by molar-refractivity contribution is -0.136. The summed E-state index contributed by atoms with van der Waals surface area (Å²) in [6, 6.07) is 6.35. The van der Waals surface area contributed by atoms with Crippen LogP contribution in [0, 0.1) is 11.8 Å². The van der Waals surface area contributed by atoms with Gasteiger partial charge in [-0.25, -0.2) is 0 Å². The Bertz CT molecular complexity index is 933. The molecule has 0 spiro atoms. The topological polar surface area (TPSA) is 72.9 Å². The molecule has 2 saturated heterocycles. The maximum Gasteiger partial charge on any atom is 0.262 e. The quantitative estimate of drug-likeness (QED) is 0.714. The molecule has 168 valence electrons. The normalized spacial score (nSPS) is 20.2. The molecule has 2 fully saturated rings. The lowest BCUT2D eigenvalue weighted by atomic mass is 9.79. The molecule has 1 aromatic heterocycles. The third-order valence-electron chi connectivity index (χ3n) is 6.77. The van der Waals surface area contributed by atoms with E-state index in [1.807, 2.05) is 12.1 Å². The maximum atomic E-state index is 13.0. The molecule has 0 bridgehead atoms. The number of benzene rings is 1. The van der Waals surface area contributed by atoms with Crippen molar-refractivity contribution in [1.82, 2.24) is 15.1 Å². The zero-order chi connectivity index (χ0) is 22.0. The Morgan fingerprint density at radius 3 is 2.42 bits per heavy atom. The fourth-order valence-electron chi connectivity index (χ4n) is 4.84. The minimum atomic E-state index is -0.916. The number of hydrogen-bond acceptors (Lipinski definition) is 5. The first-order valence-corrected chi connectivity index (χ1v) is 12.2. The number of thiophene rings is 1. The van der Waals surface area contributed by atoms with E-state index in [2.05, 4.69) is 17.3 Å². The number of fused-ring (bicyclic) bond motifs is 1. The molecule has 2 amide bonds. The van der Waals surface area contributed by atoms with E-state index in [1.54, 1.807) is 17.0 Å². The molecular weight excluding hydrogens is 434 g/mol. The van der Waals surface area contributed by atoms with Gasteiger partial charge in [0, 0.05) is 22.8 Å². The molecule has 0 saturated carbocycles. The number of amides is 2. The molecule has 6 nitrogen and oxygen atoms in total. The third-order valence-corrected chi connectivity index (χ3v) is 8.10. The summed E-state index contributed by atoms with van der Waals surface area (Å²) in [5.74, 6) is 0.890. The van der Waals surface area contributed by atoms with E-state index >= 15 is 0 Å². The molecule has 0 aliphatic carbocycles. The number of hydrogen-bond donors (Lipinski definition) is 2. The fraction of sp³-hybridized carbons (Fsp3) is 0.565. The second-order valence-electron chi connectivity index (χ2n) is 8.80. The first kappa shape index (κ1) is 22.5. The van der Waals surface area contributed by atoms with E-state index in [4.69, 9.17) is 11.6 Å². The molecule has 4 rings (SSSR count). The van der Waals surface area contributed by atoms with Crippen LogP contribution in [0.2, 0.25) is 5.02 Å². The highest BCUT2D eigenvalue weighted by Crippen LogP contribution is 2.32. The summed E-state index contributed by atoms with van der Waals surface area (Å²) >= 11 is 7.36. The van der Waals surface area contributed by atoms with Gasteiger partial charge in [-0.15, -0.1) is 11.3 Å². The van der Waals surface area contributed by atoms with Crippen molar-refractivity contribution in [2.75, 3.05) is 39.8 Å². The van der Waals surface area contributed by atoms with E-state index in [1.165, 1.54) is 24.2 Å². The molecule has 1 atom stereocenters. The van der Waals surface area contributed by atoms with Crippen molar-refractivity contribution in [3.8, 4) is 0 Å². The van der Waals surface area contributed by atoms with Gasteiger partial charge < -0.3 is 20.2 Å². The van der Waals surface area contributed by atoms with Crippen molar-refractivity contribution in [1.29, 1.82) is 0 Å². The second kappa shape index (κ2) is 9.86. The Morgan fingerprint density at radius 1 is 1.13 bits per heavy atom. The van der Waals surface area contributed by atoms with Crippen molar-refractivity contribution in [3.05, 3.63) is 34.2 Å². The summed E-state index contributed by atoms with van der Waals surface area (Å²) in [5, 5.41) is 14.1. The second-order valence-corrected chi connectivity index (χ2v) is 10.3. The molecule has 3 heterocycles. The van der Waals surface area contributed by atoms with Gasteiger partial charge in [0.05, 0.1) is 11.5 Å². The molecule has 2 aromatic rings. The van der Waals surface area contributed by atoms with E-state index < -0.39 is 12.6 Å². The lowest BCUT2D eigenvalue weighted by Crippen LogP contribution is -2.52. The predicted octanol–water partition coefficient (Wildman–Crippen LogP) is 3.23. The number of halogens is 1. The molecule has 1 aromatic carbocycles. The highest BCUT2D eigenvalue weighted by atomic mass is 35.5. The van der Waals surface area contributed by atoms with E-state index in [-0.39, 0.29) is 11.8 Å². The highest BCUT2D eigenvalue weighted by Gasteiger charge is 2.33. The zero-order valence-electron chi connectivity index (χ0n) is 17.8. The molecule has 8 heteroatoms. The number of nitrogens with zero attached hydrogens (tertiary/aromatic N) is 2. The number of aliphatic hydroxyl groups excluding tert-OH is 1. The number of aliphatic hydroxyl groups is 1. The molecular formula is C23H30ClN3O3S. The van der Waals surface area contributed by atoms with Crippen molar-refractivity contribution in [3.63, 3.8) is 0 Å². The van der Waals surface area contributed by atoms with Crippen molar-refractivity contribution in [2.45, 2.75) is 31.7 Å². The number of rotatable bonds is 5. The summed E-state index contributed by atoms with van der Waals surface area (Å²) in [7, 11) is 2.18. The number of nitrogens with one attached hydrogen (secondary N) is 1. The van der Waals surface area contributed by atoms with Crippen LogP contribution in [0.3, 0.4) is 0 Å². The van der Waals surface area contributed by atoms with Crippen LogP contribution in [0.5, 0.6) is 0 Å². The van der Waals surface area contributed by atoms with Crippen molar-refractivity contribution >= 4 is 44.8 Å². The molecule has 2 N–H and O–H groups in total. The number of carbonyl (C=O) groups excluding carboxylic acids is 2. The molecule has 31 heavy (non-hydrogen) atoms. The average molecular weight is 464 g/mol. The van der Waals surface area contributed by atoms with Crippen LogP contribution in [-0.2, 0) is 4.79 Å². The molecule has 2 aliphatic heterocycles. The minimum absolute atomic E-state index is 0.193. The van der Waals surface area contributed by atoms with Gasteiger partial charge in [0.15, 0.2) is 0 Å². The summed E-state index contributed by atoms with van der Waals surface area (Å²) in [6.07, 6.45) is 4.49. The first-order valence-electron chi connectivity index (χ1n) is 11.0. The van der Waals surface area contributed by atoms with Crippen LogP contribution in [0.15, 0.2) is 24.3 Å². The lowest BCUT2D eigenvalue weighted by Gasteiger charge is -2.40. The first-order chi connectivity index (χ1) is 14.9. The Balaban J connectivity index is 1.33. The van der Waals surface area contributed by atoms with Crippen LogP contribution in [0.4, 0.5) is 0 Å². The van der Waals surface area contributed by atoms with Crippen LogP contribution in [0.25, 0.3) is 10.1 Å². The average Bonchev–Trinajstić information content (AvgIpc) is 3.21. The van der Waals surface area contributed by atoms with Gasteiger partial charge in [0.25, 0.3) is 5.91 Å². The summed E-state index contributed by atoms with van der Waals surface area (Å²) in [5.41, 5.74) is 0. The fourth-order valence-corrected chi connectivity index (χ4v) is 6.09. The van der Waals surface area contributed by atoms with Crippen molar-refractivity contribution in [2.24, 2.45) is 11.8 Å². The Kier molecular flexibility index (Phi) is 7.16. The predicted molar refractivity (Wildman–Crippen MR) is 125 cm³/mol. The minimum Gasteiger partial charge on any atom is -0.394 e. The third kappa shape index (κ3) is 5.22. The largest absolute Gasteiger partial charge is 0.394 e. The zero-order valence-corrected chi connectivity index (χ0v) is 19.4. The van der Waals surface area contributed by atoms with Crippen LogP contribution in [0.1, 0.15) is 35.4 Å². The molecule has 0 unspecified atom stereocenters. The Labute approximate surface area is 192 Å². The van der Waals surface area contributed by atoms with E-state index in [0.29, 0.717) is 28.9 Å². The summed E-state index contributed by atoms with van der Waals surface area (Å²) in [6.45, 7) is 3.31. The van der Waals surface area contributed by atoms with Gasteiger partial charge in [-0.3, -0.25) is 9.59 Å². The van der Waals surface area contributed by atoms with Crippen LogP contribution >= 0.6 is 22.9 Å². The van der Waals surface area contributed by atoms with Gasteiger partial charge in [-0.1, -0.05) is 17.7 Å². The smallest absolute Gasteiger partial charge is 0.262 e. The SMILES string of the molecule is CN1CCC(C2CCN(C(=O)[C@H](CO)NC(=O)c3cc4ccc(Cl)cc4s3)CC2)CC1.